The lowest BCUT2D eigenvalue weighted by molar-refractivity contribution is 0.669. The van der Waals surface area contributed by atoms with E-state index in [-0.39, 0.29) is 0 Å². The van der Waals surface area contributed by atoms with Gasteiger partial charge in [-0.05, 0) is 134 Å². The van der Waals surface area contributed by atoms with E-state index < -0.39 is 0 Å². The van der Waals surface area contributed by atoms with Crippen LogP contribution in [0.3, 0.4) is 0 Å². The van der Waals surface area contributed by atoms with Gasteiger partial charge in [0.15, 0.2) is 0 Å². The first-order chi connectivity index (χ1) is 29.8. The standard InChI is InChI=1S/C58H41NO/c1-2-4-17-40-18-6-8-25-48(40)49(24-5-3-1)42-20-14-22-46(37-42)59(45-35-33-41(34-36-45)51-30-16-32-57-58(51)54-29-12-13-31-56(54)60-57)47-23-15-21-43(38-47)55-39-44-19-7-9-26-50(44)52-27-10-11-28-53(52)55/h1-4,6-16,18-39H,5,17H2/b3-1-,4-2-,49-24-. The second-order valence-electron chi connectivity index (χ2n) is 15.5. The van der Waals surface area contributed by atoms with Gasteiger partial charge in [-0.25, -0.2) is 0 Å². The highest BCUT2D eigenvalue weighted by Crippen LogP contribution is 2.43. The van der Waals surface area contributed by atoms with Crippen LogP contribution in [0.25, 0.3) is 71.3 Å². The quantitative estimate of drug-likeness (QED) is 0.157. The van der Waals surface area contributed by atoms with Crippen molar-refractivity contribution in [3.05, 3.63) is 241 Å². The Morgan fingerprint density at radius 2 is 1.05 bits per heavy atom. The maximum absolute atomic E-state index is 6.28. The monoisotopic (exact) mass is 767 g/mol. The van der Waals surface area contributed by atoms with Crippen molar-refractivity contribution in [3.8, 4) is 22.3 Å². The molecule has 0 radical (unpaired) electrons. The predicted molar refractivity (Wildman–Crippen MR) is 254 cm³/mol. The molecule has 1 aromatic heterocycles. The summed E-state index contributed by atoms with van der Waals surface area (Å²) in [6.07, 6.45) is 12.9. The van der Waals surface area contributed by atoms with E-state index in [0.29, 0.717) is 0 Å². The summed E-state index contributed by atoms with van der Waals surface area (Å²) >= 11 is 0. The summed E-state index contributed by atoms with van der Waals surface area (Å²) in [6, 6.07) is 70.5. The molecule has 11 rings (SSSR count). The van der Waals surface area contributed by atoms with Gasteiger partial charge in [0.2, 0.25) is 0 Å². The number of benzene rings is 9. The fourth-order valence-corrected chi connectivity index (χ4v) is 9.13. The maximum Gasteiger partial charge on any atom is 0.136 e. The number of nitrogens with zero attached hydrogens (tertiary/aromatic N) is 1. The molecule has 0 fully saturated rings. The first-order valence-corrected chi connectivity index (χ1v) is 20.8. The van der Waals surface area contributed by atoms with Crippen molar-refractivity contribution < 1.29 is 4.42 Å². The first-order valence-electron chi connectivity index (χ1n) is 20.8. The minimum Gasteiger partial charge on any atom is -0.456 e. The van der Waals surface area contributed by atoms with E-state index in [0.717, 1.165) is 63.0 Å². The van der Waals surface area contributed by atoms with Crippen LogP contribution in [0.15, 0.2) is 229 Å². The van der Waals surface area contributed by atoms with Crippen molar-refractivity contribution in [2.75, 3.05) is 4.90 Å². The van der Waals surface area contributed by atoms with Crippen molar-refractivity contribution in [1.82, 2.24) is 0 Å². The number of rotatable bonds is 6. The van der Waals surface area contributed by atoms with Crippen LogP contribution in [-0.4, -0.2) is 0 Å². The Bertz CT molecular complexity index is 3320. The number of anilines is 3. The van der Waals surface area contributed by atoms with E-state index in [9.17, 15) is 0 Å². The smallest absolute Gasteiger partial charge is 0.136 e. The van der Waals surface area contributed by atoms with E-state index in [2.05, 4.69) is 217 Å². The van der Waals surface area contributed by atoms with Crippen LogP contribution in [0, 0.1) is 0 Å². The summed E-state index contributed by atoms with van der Waals surface area (Å²) in [5.41, 5.74) is 14.8. The molecule has 9 aromatic carbocycles. The van der Waals surface area contributed by atoms with Crippen LogP contribution >= 0.6 is 0 Å². The highest BCUT2D eigenvalue weighted by Gasteiger charge is 2.19. The molecule has 0 bridgehead atoms. The van der Waals surface area contributed by atoms with Gasteiger partial charge >= 0.3 is 0 Å². The molecule has 1 aliphatic carbocycles. The molecular weight excluding hydrogens is 727 g/mol. The molecule has 2 nitrogen and oxygen atoms in total. The number of hydrogen-bond acceptors (Lipinski definition) is 2. The molecule has 0 spiro atoms. The van der Waals surface area contributed by atoms with E-state index in [1.807, 2.05) is 12.1 Å². The zero-order chi connectivity index (χ0) is 39.8. The van der Waals surface area contributed by atoms with Gasteiger partial charge in [-0.1, -0.05) is 170 Å². The summed E-state index contributed by atoms with van der Waals surface area (Å²) < 4.78 is 6.28. The van der Waals surface area contributed by atoms with E-state index >= 15 is 0 Å². The second kappa shape index (κ2) is 15.2. The second-order valence-corrected chi connectivity index (χ2v) is 15.5. The summed E-state index contributed by atoms with van der Waals surface area (Å²) in [5, 5.41) is 7.30. The number of furan rings is 1. The van der Waals surface area contributed by atoms with Crippen LogP contribution in [0.5, 0.6) is 0 Å². The largest absolute Gasteiger partial charge is 0.456 e. The van der Waals surface area contributed by atoms with Gasteiger partial charge in [-0.15, -0.1) is 0 Å². The van der Waals surface area contributed by atoms with Crippen molar-refractivity contribution in [2.45, 2.75) is 12.8 Å². The van der Waals surface area contributed by atoms with Crippen molar-refractivity contribution in [2.24, 2.45) is 0 Å². The van der Waals surface area contributed by atoms with Gasteiger partial charge in [0.25, 0.3) is 0 Å². The zero-order valence-electron chi connectivity index (χ0n) is 33.1. The molecule has 0 atom stereocenters. The summed E-state index contributed by atoms with van der Waals surface area (Å²) in [5.74, 6) is 0. The van der Waals surface area contributed by atoms with Crippen LogP contribution in [0.1, 0.15) is 23.1 Å². The normalized spacial score (nSPS) is 14.8. The Morgan fingerprint density at radius 1 is 0.400 bits per heavy atom. The molecule has 10 aromatic rings. The van der Waals surface area contributed by atoms with Gasteiger partial charge in [-0.3, -0.25) is 0 Å². The third-order valence-corrected chi connectivity index (χ3v) is 11.9. The SMILES string of the molecule is C1=C\C/C=C(/c2cccc(N(c3ccc(-c4cccc5oc6ccccc6c45)cc3)c3cccc(-c4cc5ccccc5c5ccccc45)c3)c2)c2ccccc2C\C=C/1. The topological polar surface area (TPSA) is 16.4 Å². The highest BCUT2D eigenvalue weighted by atomic mass is 16.3. The Morgan fingerprint density at radius 3 is 1.92 bits per heavy atom. The molecule has 1 aliphatic rings. The molecule has 2 heteroatoms. The minimum atomic E-state index is 0.851. The van der Waals surface area contributed by atoms with Gasteiger partial charge in [0.05, 0.1) is 0 Å². The van der Waals surface area contributed by atoms with Crippen LogP contribution < -0.4 is 4.90 Å². The molecule has 0 aliphatic heterocycles. The Labute approximate surface area is 350 Å². The Balaban J connectivity index is 1.08. The van der Waals surface area contributed by atoms with Gasteiger partial charge < -0.3 is 9.32 Å². The lowest BCUT2D eigenvalue weighted by Crippen LogP contribution is -2.10. The predicted octanol–water partition coefficient (Wildman–Crippen LogP) is 16.2. The third-order valence-electron chi connectivity index (χ3n) is 11.9. The molecule has 0 N–H and O–H groups in total. The van der Waals surface area contributed by atoms with Gasteiger partial charge in [-0.2, -0.15) is 0 Å². The fourth-order valence-electron chi connectivity index (χ4n) is 9.13. The molecule has 0 amide bonds. The lowest BCUT2D eigenvalue weighted by Gasteiger charge is -2.27. The average Bonchev–Trinajstić information content (AvgIpc) is 3.70. The number of hydrogen-bond donors (Lipinski definition) is 0. The van der Waals surface area contributed by atoms with Crippen molar-refractivity contribution >= 4 is 66.1 Å². The zero-order valence-corrected chi connectivity index (χ0v) is 33.1. The minimum absolute atomic E-state index is 0.851. The molecule has 0 unspecified atom stereocenters. The fraction of sp³-hybridized carbons (Fsp3) is 0.0345. The molecule has 60 heavy (non-hydrogen) atoms. The van der Waals surface area contributed by atoms with E-state index in [1.165, 1.54) is 54.9 Å². The molecule has 284 valence electrons. The van der Waals surface area contributed by atoms with E-state index in [1.54, 1.807) is 0 Å². The van der Waals surface area contributed by atoms with Crippen molar-refractivity contribution in [3.63, 3.8) is 0 Å². The Kier molecular flexibility index (Phi) is 9.02. The summed E-state index contributed by atoms with van der Waals surface area (Å²) in [7, 11) is 0. The first kappa shape index (κ1) is 35.5. The lowest BCUT2D eigenvalue weighted by atomic mass is 9.91. The Hall–Kier alpha value is -7.68. The summed E-state index contributed by atoms with van der Waals surface area (Å²) in [4.78, 5) is 2.41. The van der Waals surface area contributed by atoms with Gasteiger partial charge in [0, 0.05) is 27.8 Å². The average molecular weight is 768 g/mol. The van der Waals surface area contributed by atoms with Crippen molar-refractivity contribution in [1.29, 1.82) is 0 Å². The maximum atomic E-state index is 6.28. The molecular formula is C58H41NO. The van der Waals surface area contributed by atoms with Crippen LogP contribution in [0.4, 0.5) is 17.1 Å². The third kappa shape index (κ3) is 6.40. The number of allylic oxidation sites excluding steroid dienone is 5. The summed E-state index contributed by atoms with van der Waals surface area (Å²) in [6.45, 7) is 0. The number of fused-ring (bicyclic) bond motifs is 7. The van der Waals surface area contributed by atoms with Crippen LogP contribution in [0.2, 0.25) is 0 Å². The highest BCUT2D eigenvalue weighted by molar-refractivity contribution is 6.14. The van der Waals surface area contributed by atoms with Gasteiger partial charge in [0.1, 0.15) is 11.2 Å². The molecule has 0 saturated carbocycles. The van der Waals surface area contributed by atoms with E-state index in [4.69, 9.17) is 4.42 Å². The van der Waals surface area contributed by atoms with Crippen LogP contribution in [-0.2, 0) is 6.42 Å². The molecule has 1 heterocycles. The number of para-hydroxylation sites is 1. The molecule has 0 saturated heterocycles.